The Bertz CT molecular complexity index is 1230. The van der Waals surface area contributed by atoms with Crippen LogP contribution in [0.15, 0.2) is 36.7 Å². The van der Waals surface area contributed by atoms with Crippen LogP contribution >= 0.6 is 0 Å². The van der Waals surface area contributed by atoms with Crippen LogP contribution in [0.1, 0.15) is 37.8 Å². The van der Waals surface area contributed by atoms with Gasteiger partial charge in [-0.05, 0) is 69.4 Å². The van der Waals surface area contributed by atoms with E-state index in [-0.39, 0.29) is 5.75 Å². The summed E-state index contributed by atoms with van der Waals surface area (Å²) in [7, 11) is 3.30. The van der Waals surface area contributed by atoms with Crippen molar-refractivity contribution in [2.75, 3.05) is 20.7 Å². The second-order valence-corrected chi connectivity index (χ2v) is 9.19. The standard InChI is InChI=1S/C20H19F2N3O2.C6H11NO/c1-12-16(26-4)7-13(8-17(12)27-19(21)22)15-10-24-18-9-14(5-6-25(15)18)20(2,3)11-23;1-7(5-8)4-6-2-3-6/h5-10,19H,1-4H3;5-6H,2-4H2,1H3. The van der Waals surface area contributed by atoms with E-state index in [9.17, 15) is 18.8 Å². The van der Waals surface area contributed by atoms with Gasteiger partial charge in [0.25, 0.3) is 0 Å². The first-order chi connectivity index (χ1) is 16.6. The first-order valence-electron chi connectivity index (χ1n) is 11.3. The molecule has 0 bridgehead atoms. The monoisotopic (exact) mass is 484 g/mol. The van der Waals surface area contributed by atoms with E-state index < -0.39 is 12.0 Å². The number of methoxy groups -OCH3 is 1. The average molecular weight is 485 g/mol. The van der Waals surface area contributed by atoms with E-state index in [0.717, 1.165) is 24.4 Å². The van der Waals surface area contributed by atoms with Gasteiger partial charge in [0.2, 0.25) is 6.41 Å². The van der Waals surface area contributed by atoms with Crippen LogP contribution in [0.2, 0.25) is 0 Å². The van der Waals surface area contributed by atoms with Crippen molar-refractivity contribution in [2.45, 2.75) is 45.6 Å². The summed E-state index contributed by atoms with van der Waals surface area (Å²) in [4.78, 5) is 16.1. The highest BCUT2D eigenvalue weighted by Gasteiger charge is 2.22. The SMILES string of the molecule is CN(C=O)CC1CC1.COc1cc(-c2cnc3cc(C(C)(C)C#N)ccn23)cc(OC(F)F)c1C. The molecule has 0 spiro atoms. The smallest absolute Gasteiger partial charge is 0.387 e. The lowest BCUT2D eigenvalue weighted by molar-refractivity contribution is -0.117. The lowest BCUT2D eigenvalue weighted by Gasteiger charge is -2.16. The van der Waals surface area contributed by atoms with E-state index in [1.165, 1.54) is 20.0 Å². The molecule has 1 aliphatic rings. The van der Waals surface area contributed by atoms with Gasteiger partial charge in [-0.2, -0.15) is 14.0 Å². The third kappa shape index (κ3) is 6.27. The van der Waals surface area contributed by atoms with Crippen LogP contribution in [-0.4, -0.2) is 48.0 Å². The van der Waals surface area contributed by atoms with Gasteiger partial charge in [0, 0.05) is 30.9 Å². The highest BCUT2D eigenvalue weighted by molar-refractivity contribution is 5.69. The number of imidazole rings is 1. The lowest BCUT2D eigenvalue weighted by Crippen LogP contribution is -2.18. The van der Waals surface area contributed by atoms with E-state index in [1.54, 1.807) is 30.2 Å². The van der Waals surface area contributed by atoms with Crippen LogP contribution in [0, 0.1) is 24.2 Å². The number of nitriles is 1. The number of halogens is 2. The van der Waals surface area contributed by atoms with Crippen molar-refractivity contribution in [3.63, 3.8) is 0 Å². The van der Waals surface area contributed by atoms with Crippen molar-refractivity contribution < 1.29 is 23.0 Å². The average Bonchev–Trinajstić information content (AvgIpc) is 3.55. The number of benzene rings is 1. The van der Waals surface area contributed by atoms with E-state index in [1.807, 2.05) is 43.6 Å². The van der Waals surface area contributed by atoms with Crippen LogP contribution in [0.5, 0.6) is 11.5 Å². The maximum absolute atomic E-state index is 12.7. The Morgan fingerprint density at radius 3 is 2.57 bits per heavy atom. The molecule has 0 unspecified atom stereocenters. The molecule has 1 aliphatic carbocycles. The summed E-state index contributed by atoms with van der Waals surface area (Å²) in [6, 6.07) is 9.26. The van der Waals surface area contributed by atoms with Crippen LogP contribution in [0.3, 0.4) is 0 Å². The number of hydrogen-bond acceptors (Lipinski definition) is 5. The molecule has 1 saturated carbocycles. The number of amides is 1. The van der Waals surface area contributed by atoms with Crippen molar-refractivity contribution >= 4 is 12.1 Å². The summed E-state index contributed by atoms with van der Waals surface area (Å²) >= 11 is 0. The normalized spacial score (nSPS) is 13.1. The van der Waals surface area contributed by atoms with Crippen LogP contribution in [0.25, 0.3) is 16.9 Å². The predicted molar refractivity (Wildman–Crippen MR) is 129 cm³/mol. The Morgan fingerprint density at radius 2 is 2.00 bits per heavy atom. The highest BCUT2D eigenvalue weighted by atomic mass is 19.3. The summed E-state index contributed by atoms with van der Waals surface area (Å²) in [5, 5.41) is 9.32. The number of nitrogens with zero attached hydrogens (tertiary/aromatic N) is 4. The quantitative estimate of drug-likeness (QED) is 0.410. The van der Waals surface area contributed by atoms with E-state index in [2.05, 4.69) is 15.8 Å². The molecule has 0 radical (unpaired) electrons. The summed E-state index contributed by atoms with van der Waals surface area (Å²) in [6.07, 6.45) is 6.98. The zero-order valence-electron chi connectivity index (χ0n) is 20.6. The Kier molecular flexibility index (Phi) is 7.95. The molecule has 2 aromatic heterocycles. The molecular formula is C26H30F2N4O3. The fraction of sp³-hybridized carbons (Fsp3) is 0.423. The number of hydrogen-bond donors (Lipinski definition) is 0. The number of aromatic nitrogens is 2. The maximum atomic E-state index is 12.7. The van der Waals surface area contributed by atoms with Gasteiger partial charge in [-0.3, -0.25) is 9.20 Å². The number of ether oxygens (including phenoxy) is 2. The Hall–Kier alpha value is -3.67. The van der Waals surface area contributed by atoms with Crippen LogP contribution in [0.4, 0.5) is 8.78 Å². The molecule has 2 heterocycles. The van der Waals surface area contributed by atoms with Gasteiger partial charge in [0.05, 0.1) is 30.5 Å². The molecular weight excluding hydrogens is 454 g/mol. The van der Waals surface area contributed by atoms with Crippen molar-refractivity contribution in [1.82, 2.24) is 14.3 Å². The highest BCUT2D eigenvalue weighted by Crippen LogP contribution is 2.36. The predicted octanol–water partition coefficient (Wildman–Crippen LogP) is 5.21. The van der Waals surface area contributed by atoms with Crippen molar-refractivity contribution in [3.05, 3.63) is 47.8 Å². The topological polar surface area (TPSA) is 79.9 Å². The molecule has 0 N–H and O–H groups in total. The maximum Gasteiger partial charge on any atom is 0.387 e. The molecule has 1 amide bonds. The molecule has 7 nitrogen and oxygen atoms in total. The minimum absolute atomic E-state index is 0.0523. The third-order valence-corrected chi connectivity index (χ3v) is 5.98. The fourth-order valence-electron chi connectivity index (χ4n) is 3.64. The molecule has 0 atom stereocenters. The van der Waals surface area contributed by atoms with Gasteiger partial charge in [0.15, 0.2) is 0 Å². The van der Waals surface area contributed by atoms with Crippen LogP contribution < -0.4 is 9.47 Å². The summed E-state index contributed by atoms with van der Waals surface area (Å²) in [5.41, 5.74) is 2.68. The zero-order chi connectivity index (χ0) is 25.8. The molecule has 1 aromatic carbocycles. The fourth-order valence-corrected chi connectivity index (χ4v) is 3.64. The van der Waals surface area contributed by atoms with Gasteiger partial charge >= 0.3 is 6.61 Å². The van der Waals surface area contributed by atoms with Crippen molar-refractivity contribution in [1.29, 1.82) is 5.26 Å². The summed E-state index contributed by atoms with van der Waals surface area (Å²) in [5.74, 6) is 1.32. The Labute approximate surface area is 203 Å². The van der Waals surface area contributed by atoms with Gasteiger partial charge in [-0.25, -0.2) is 4.98 Å². The summed E-state index contributed by atoms with van der Waals surface area (Å²) in [6.45, 7) is 3.36. The Morgan fingerprint density at radius 1 is 1.31 bits per heavy atom. The van der Waals surface area contributed by atoms with E-state index in [0.29, 0.717) is 28.2 Å². The number of carbonyl (C=O) groups is 1. The minimum atomic E-state index is -2.93. The number of alkyl halides is 2. The first kappa shape index (κ1) is 25.9. The molecule has 186 valence electrons. The lowest BCUT2D eigenvalue weighted by atomic mass is 9.87. The van der Waals surface area contributed by atoms with Crippen molar-refractivity contribution in [2.24, 2.45) is 5.92 Å². The van der Waals surface area contributed by atoms with Crippen LogP contribution in [-0.2, 0) is 10.2 Å². The molecule has 3 aromatic rings. The largest absolute Gasteiger partial charge is 0.496 e. The number of pyridine rings is 1. The number of rotatable bonds is 8. The molecule has 0 aliphatic heterocycles. The molecule has 9 heteroatoms. The van der Waals surface area contributed by atoms with Crippen molar-refractivity contribution in [3.8, 4) is 28.8 Å². The Balaban J connectivity index is 0.000000363. The van der Waals surface area contributed by atoms with Gasteiger partial charge < -0.3 is 14.4 Å². The zero-order valence-corrected chi connectivity index (χ0v) is 20.6. The first-order valence-corrected chi connectivity index (χ1v) is 11.3. The molecule has 1 fully saturated rings. The number of fused-ring (bicyclic) bond motifs is 1. The van der Waals surface area contributed by atoms with Gasteiger partial charge in [-0.15, -0.1) is 0 Å². The van der Waals surface area contributed by atoms with E-state index >= 15 is 0 Å². The molecule has 0 saturated heterocycles. The number of carbonyl (C=O) groups excluding carboxylic acids is 1. The second-order valence-electron chi connectivity index (χ2n) is 9.19. The summed E-state index contributed by atoms with van der Waals surface area (Å²) < 4.78 is 37.3. The van der Waals surface area contributed by atoms with Gasteiger partial charge in [0.1, 0.15) is 17.1 Å². The third-order valence-electron chi connectivity index (χ3n) is 5.98. The molecule has 35 heavy (non-hydrogen) atoms. The van der Waals surface area contributed by atoms with Gasteiger partial charge in [-0.1, -0.05) is 0 Å². The minimum Gasteiger partial charge on any atom is -0.496 e. The second kappa shape index (κ2) is 10.7. The van der Waals surface area contributed by atoms with E-state index in [4.69, 9.17) is 4.74 Å². The molecule has 4 rings (SSSR count).